The second-order valence-corrected chi connectivity index (χ2v) is 8.09. The predicted octanol–water partition coefficient (Wildman–Crippen LogP) is 3.17. The smallest absolute Gasteiger partial charge is 0.322 e. The average molecular weight is 433 g/mol. The molecule has 1 unspecified atom stereocenters. The minimum absolute atomic E-state index is 0.0570. The van der Waals surface area contributed by atoms with Crippen molar-refractivity contribution in [2.24, 2.45) is 0 Å². The van der Waals surface area contributed by atoms with E-state index in [0.29, 0.717) is 34.9 Å². The Hall–Kier alpha value is -2.54. The molecule has 0 spiro atoms. The molecule has 0 fully saturated rings. The summed E-state index contributed by atoms with van der Waals surface area (Å²) in [6.07, 6.45) is 2.08. The van der Waals surface area contributed by atoms with Crippen molar-refractivity contribution in [2.45, 2.75) is 39.2 Å². The molecular weight excluding hydrogens is 404 g/mol. The number of amides is 4. The van der Waals surface area contributed by atoms with Gasteiger partial charge in [0.05, 0.1) is 23.9 Å². The van der Waals surface area contributed by atoms with Crippen molar-refractivity contribution in [3.8, 4) is 0 Å². The van der Waals surface area contributed by atoms with Crippen LogP contribution < -0.4 is 5.32 Å². The standard InChI is InChI=1S/C22H29ClN4O3/c1-4-11-26(12-5-2)18(28)10-13-27-14-17-19(21(27)29)20(24-22(30)25(17)3)15-8-6-7-9-16(15)23/h6-9,20H,4-5,10-14H2,1-3H3,(H,24,30). The van der Waals surface area contributed by atoms with Gasteiger partial charge in [0.25, 0.3) is 5.91 Å². The molecule has 0 bridgehead atoms. The molecule has 1 N–H and O–H groups in total. The highest BCUT2D eigenvalue weighted by atomic mass is 35.5. The van der Waals surface area contributed by atoms with Crippen LogP contribution in [0.4, 0.5) is 4.79 Å². The molecule has 8 heteroatoms. The van der Waals surface area contributed by atoms with Gasteiger partial charge in [0.2, 0.25) is 5.91 Å². The van der Waals surface area contributed by atoms with Crippen LogP contribution in [0, 0.1) is 0 Å². The molecule has 162 valence electrons. The van der Waals surface area contributed by atoms with Crippen molar-refractivity contribution >= 4 is 29.4 Å². The van der Waals surface area contributed by atoms with Gasteiger partial charge >= 0.3 is 6.03 Å². The minimum Gasteiger partial charge on any atom is -0.343 e. The molecular formula is C22H29ClN4O3. The molecule has 1 aromatic carbocycles. The molecule has 2 aliphatic heterocycles. The minimum atomic E-state index is -0.595. The van der Waals surface area contributed by atoms with Gasteiger partial charge < -0.3 is 15.1 Å². The van der Waals surface area contributed by atoms with Gasteiger partial charge in [-0.05, 0) is 24.5 Å². The van der Waals surface area contributed by atoms with Crippen LogP contribution in [0.25, 0.3) is 0 Å². The first-order valence-corrected chi connectivity index (χ1v) is 10.9. The molecule has 7 nitrogen and oxygen atoms in total. The lowest BCUT2D eigenvalue weighted by atomic mass is 9.95. The summed E-state index contributed by atoms with van der Waals surface area (Å²) in [4.78, 5) is 43.3. The molecule has 0 radical (unpaired) electrons. The van der Waals surface area contributed by atoms with E-state index in [2.05, 4.69) is 5.32 Å². The Morgan fingerprint density at radius 1 is 1.20 bits per heavy atom. The van der Waals surface area contributed by atoms with Gasteiger partial charge in [-0.1, -0.05) is 43.6 Å². The van der Waals surface area contributed by atoms with E-state index in [0.717, 1.165) is 25.9 Å². The average Bonchev–Trinajstić information content (AvgIpc) is 3.06. The number of carbonyl (C=O) groups excluding carboxylic acids is 3. The molecule has 3 rings (SSSR count). The van der Waals surface area contributed by atoms with E-state index in [9.17, 15) is 14.4 Å². The van der Waals surface area contributed by atoms with Crippen LogP contribution in [0.3, 0.4) is 0 Å². The third-order valence-corrected chi connectivity index (χ3v) is 5.93. The van der Waals surface area contributed by atoms with E-state index in [1.165, 1.54) is 4.90 Å². The topological polar surface area (TPSA) is 73.0 Å². The normalized spacial score (nSPS) is 18.6. The second-order valence-electron chi connectivity index (χ2n) is 7.68. The Balaban J connectivity index is 1.77. The molecule has 1 atom stereocenters. The lowest BCUT2D eigenvalue weighted by molar-refractivity contribution is -0.132. The van der Waals surface area contributed by atoms with Gasteiger partial charge in [-0.25, -0.2) is 4.79 Å². The molecule has 0 saturated heterocycles. The number of likely N-dealkylation sites (N-methyl/N-ethyl adjacent to an activating group) is 1. The van der Waals surface area contributed by atoms with Gasteiger partial charge in [0, 0.05) is 38.1 Å². The summed E-state index contributed by atoms with van der Waals surface area (Å²) >= 11 is 6.35. The van der Waals surface area contributed by atoms with Crippen molar-refractivity contribution in [2.75, 3.05) is 33.2 Å². The number of nitrogens with one attached hydrogen (secondary N) is 1. The van der Waals surface area contributed by atoms with E-state index < -0.39 is 6.04 Å². The molecule has 0 aromatic heterocycles. The molecule has 1 aromatic rings. The number of hydrogen-bond acceptors (Lipinski definition) is 3. The number of halogens is 1. The maximum absolute atomic E-state index is 13.2. The summed E-state index contributed by atoms with van der Waals surface area (Å²) in [5, 5.41) is 3.38. The van der Waals surface area contributed by atoms with E-state index in [4.69, 9.17) is 11.6 Å². The van der Waals surface area contributed by atoms with Crippen LogP contribution in [0.1, 0.15) is 44.7 Å². The summed E-state index contributed by atoms with van der Waals surface area (Å²) in [7, 11) is 1.65. The monoisotopic (exact) mass is 432 g/mol. The zero-order valence-electron chi connectivity index (χ0n) is 17.8. The van der Waals surface area contributed by atoms with Gasteiger partial charge in [-0.15, -0.1) is 0 Å². The maximum atomic E-state index is 13.2. The third kappa shape index (κ3) is 4.31. The molecule has 30 heavy (non-hydrogen) atoms. The molecule has 2 heterocycles. The van der Waals surface area contributed by atoms with Crippen molar-refractivity contribution in [3.05, 3.63) is 46.1 Å². The Kier molecular flexibility index (Phi) is 7.02. The van der Waals surface area contributed by atoms with Gasteiger partial charge in [-0.3, -0.25) is 14.5 Å². The number of hydrogen-bond donors (Lipinski definition) is 1. The summed E-state index contributed by atoms with van der Waals surface area (Å²) in [5.41, 5.74) is 1.88. The highest BCUT2D eigenvalue weighted by Crippen LogP contribution is 2.37. The SMILES string of the molecule is CCCN(CCC)C(=O)CCN1CC2=C(C1=O)C(c1ccccc1Cl)NC(=O)N2C. The first-order chi connectivity index (χ1) is 14.4. The van der Waals surface area contributed by atoms with Gasteiger partial charge in [0.1, 0.15) is 0 Å². The maximum Gasteiger partial charge on any atom is 0.322 e. The first kappa shape index (κ1) is 22.2. The number of benzene rings is 1. The first-order valence-electron chi connectivity index (χ1n) is 10.5. The highest BCUT2D eigenvalue weighted by Gasteiger charge is 2.43. The lowest BCUT2D eigenvalue weighted by Crippen LogP contribution is -2.45. The molecule has 2 aliphatic rings. The van der Waals surface area contributed by atoms with Crippen LogP contribution >= 0.6 is 11.6 Å². The highest BCUT2D eigenvalue weighted by molar-refractivity contribution is 6.31. The zero-order chi connectivity index (χ0) is 21.8. The van der Waals surface area contributed by atoms with E-state index in [1.807, 2.05) is 36.9 Å². The van der Waals surface area contributed by atoms with E-state index in [-0.39, 0.29) is 24.3 Å². The van der Waals surface area contributed by atoms with Gasteiger partial charge in [-0.2, -0.15) is 0 Å². The number of urea groups is 1. The zero-order valence-corrected chi connectivity index (χ0v) is 18.5. The quantitative estimate of drug-likeness (QED) is 0.685. The van der Waals surface area contributed by atoms with E-state index in [1.54, 1.807) is 18.0 Å². The van der Waals surface area contributed by atoms with Gasteiger partial charge in [0.15, 0.2) is 0 Å². The van der Waals surface area contributed by atoms with Crippen LogP contribution in [-0.2, 0) is 9.59 Å². The Labute approximate surface area is 182 Å². The van der Waals surface area contributed by atoms with Crippen LogP contribution in [0.2, 0.25) is 5.02 Å². The van der Waals surface area contributed by atoms with Crippen LogP contribution in [-0.4, -0.2) is 65.8 Å². The molecule has 4 amide bonds. The summed E-state index contributed by atoms with van der Waals surface area (Å²) in [5.74, 6) is -0.103. The molecule has 0 aliphatic carbocycles. The van der Waals surface area contributed by atoms with E-state index >= 15 is 0 Å². The van der Waals surface area contributed by atoms with Crippen LogP contribution in [0.15, 0.2) is 35.5 Å². The largest absolute Gasteiger partial charge is 0.343 e. The van der Waals surface area contributed by atoms with Crippen LogP contribution in [0.5, 0.6) is 0 Å². The lowest BCUT2D eigenvalue weighted by Gasteiger charge is -2.31. The van der Waals surface area contributed by atoms with Crippen molar-refractivity contribution in [1.29, 1.82) is 0 Å². The Bertz CT molecular complexity index is 864. The Morgan fingerprint density at radius 3 is 2.50 bits per heavy atom. The fourth-order valence-electron chi connectivity index (χ4n) is 4.04. The summed E-state index contributed by atoms with van der Waals surface area (Å²) < 4.78 is 0. The fraction of sp³-hybridized carbons (Fsp3) is 0.500. The summed E-state index contributed by atoms with van der Waals surface area (Å²) in [6.45, 7) is 6.19. The number of rotatable bonds is 8. The van der Waals surface area contributed by atoms with Crippen molar-refractivity contribution in [3.63, 3.8) is 0 Å². The second kappa shape index (κ2) is 9.51. The fourth-order valence-corrected chi connectivity index (χ4v) is 4.28. The Morgan fingerprint density at radius 2 is 1.87 bits per heavy atom. The predicted molar refractivity (Wildman–Crippen MR) is 116 cm³/mol. The number of nitrogens with zero attached hydrogens (tertiary/aromatic N) is 3. The molecule has 0 saturated carbocycles. The number of carbonyl (C=O) groups is 3. The van der Waals surface area contributed by atoms with Crippen molar-refractivity contribution in [1.82, 2.24) is 20.0 Å². The van der Waals surface area contributed by atoms with Crippen molar-refractivity contribution < 1.29 is 14.4 Å². The summed E-state index contributed by atoms with van der Waals surface area (Å²) in [6, 6.07) is 6.33. The third-order valence-electron chi connectivity index (χ3n) is 5.59.